The molecule has 0 amide bonds. The smallest absolute Gasteiger partial charge is 0.169 e. The van der Waals surface area contributed by atoms with Crippen molar-refractivity contribution in [2.45, 2.75) is 13.3 Å². The van der Waals surface area contributed by atoms with Crippen molar-refractivity contribution in [2.24, 2.45) is 0 Å². The first-order chi connectivity index (χ1) is 10.6. The molecule has 0 saturated carbocycles. The molecule has 22 heavy (non-hydrogen) atoms. The number of nitrogens with one attached hydrogen (secondary N) is 1. The van der Waals surface area contributed by atoms with Crippen LogP contribution in [0.2, 0.25) is 5.02 Å². The minimum absolute atomic E-state index is 0.0516. The van der Waals surface area contributed by atoms with Gasteiger partial charge in [-0.25, -0.2) is 0 Å². The molecule has 3 aromatic rings. The highest BCUT2D eigenvalue weighted by atomic mass is 35.5. The molecule has 0 radical (unpaired) electrons. The van der Waals surface area contributed by atoms with Crippen molar-refractivity contribution in [3.8, 4) is 5.75 Å². The molecule has 1 N–H and O–H groups in total. The first kappa shape index (κ1) is 14.7. The number of ether oxygens (including phenoxy) is 1. The Morgan fingerprint density at radius 3 is 2.82 bits per heavy atom. The quantitative estimate of drug-likeness (QED) is 0.717. The number of aromatic nitrogens is 1. The number of rotatable bonds is 4. The van der Waals surface area contributed by atoms with Crippen molar-refractivity contribution >= 4 is 28.3 Å². The van der Waals surface area contributed by atoms with Gasteiger partial charge in [-0.15, -0.1) is 0 Å². The molecule has 2 aromatic carbocycles. The van der Waals surface area contributed by atoms with Gasteiger partial charge < -0.3 is 9.72 Å². The van der Waals surface area contributed by atoms with Gasteiger partial charge in [0.05, 0.1) is 7.11 Å². The summed E-state index contributed by atoms with van der Waals surface area (Å²) in [4.78, 5) is 15.8. The molecule has 4 heteroatoms. The summed E-state index contributed by atoms with van der Waals surface area (Å²) >= 11 is 5.95. The van der Waals surface area contributed by atoms with Crippen LogP contribution in [-0.4, -0.2) is 17.9 Å². The van der Waals surface area contributed by atoms with Gasteiger partial charge in [-0.1, -0.05) is 29.8 Å². The number of fused-ring (bicyclic) bond motifs is 1. The third kappa shape index (κ3) is 2.72. The molecule has 0 saturated heterocycles. The summed E-state index contributed by atoms with van der Waals surface area (Å²) in [5.41, 5.74) is 3.67. The summed E-state index contributed by atoms with van der Waals surface area (Å²) in [5, 5.41) is 1.54. The van der Waals surface area contributed by atoms with Crippen LogP contribution in [0.4, 0.5) is 0 Å². The molecule has 0 unspecified atom stereocenters. The third-order valence-corrected chi connectivity index (χ3v) is 3.97. The van der Waals surface area contributed by atoms with E-state index < -0.39 is 0 Å². The van der Waals surface area contributed by atoms with Crippen LogP contribution >= 0.6 is 11.6 Å². The van der Waals surface area contributed by atoms with Gasteiger partial charge in [-0.2, -0.15) is 0 Å². The Bertz CT molecular complexity index is 851. The number of hydrogen-bond acceptors (Lipinski definition) is 2. The molecule has 0 spiro atoms. The van der Waals surface area contributed by atoms with Gasteiger partial charge in [0.1, 0.15) is 5.75 Å². The van der Waals surface area contributed by atoms with Gasteiger partial charge in [0.2, 0.25) is 0 Å². The van der Waals surface area contributed by atoms with Gasteiger partial charge in [-0.3, -0.25) is 4.79 Å². The molecule has 0 aliphatic rings. The number of hydrogen-bond donors (Lipinski definition) is 1. The molecule has 0 atom stereocenters. The number of Topliss-reactive ketones (excluding diaryl/α,β-unsaturated/α-hetero) is 1. The third-order valence-electron chi connectivity index (χ3n) is 3.74. The Morgan fingerprint density at radius 1 is 1.23 bits per heavy atom. The SMILES string of the molecule is COc1cc(Cl)ccc1CC(=O)c1c[nH]c2cc(C)ccc12. The molecule has 0 bridgehead atoms. The maximum absolute atomic E-state index is 12.6. The maximum Gasteiger partial charge on any atom is 0.169 e. The molecule has 0 aliphatic carbocycles. The van der Waals surface area contributed by atoms with Crippen LogP contribution < -0.4 is 4.74 Å². The molecule has 0 aliphatic heterocycles. The molecule has 3 nitrogen and oxygen atoms in total. The summed E-state index contributed by atoms with van der Waals surface area (Å²) in [6, 6.07) is 11.4. The van der Waals surface area contributed by atoms with E-state index in [1.54, 1.807) is 25.4 Å². The number of aromatic amines is 1. The van der Waals surface area contributed by atoms with E-state index in [1.807, 2.05) is 31.2 Å². The van der Waals surface area contributed by atoms with Crippen LogP contribution in [0.15, 0.2) is 42.6 Å². The maximum atomic E-state index is 12.6. The second kappa shape index (κ2) is 5.85. The zero-order chi connectivity index (χ0) is 15.7. The standard InChI is InChI=1S/C18H16ClNO2/c1-11-3-6-14-15(10-20-16(14)7-11)17(21)8-12-4-5-13(19)9-18(12)22-2/h3-7,9-10,20H,8H2,1-2H3. The average molecular weight is 314 g/mol. The second-order valence-corrected chi connectivity index (χ2v) is 5.74. The highest BCUT2D eigenvalue weighted by Crippen LogP contribution is 2.26. The Balaban J connectivity index is 1.94. The van der Waals surface area contributed by atoms with E-state index in [1.165, 1.54) is 0 Å². The van der Waals surface area contributed by atoms with Crippen molar-refractivity contribution in [2.75, 3.05) is 7.11 Å². The monoisotopic (exact) mass is 313 g/mol. The molecular weight excluding hydrogens is 298 g/mol. The van der Waals surface area contributed by atoms with Crippen LogP contribution in [0.5, 0.6) is 5.75 Å². The van der Waals surface area contributed by atoms with E-state index >= 15 is 0 Å². The normalized spacial score (nSPS) is 10.9. The number of carbonyl (C=O) groups excluding carboxylic acids is 1. The van der Waals surface area contributed by atoms with Gasteiger partial charge in [0.25, 0.3) is 0 Å². The second-order valence-electron chi connectivity index (χ2n) is 5.31. The van der Waals surface area contributed by atoms with E-state index in [-0.39, 0.29) is 12.2 Å². The number of ketones is 1. The lowest BCUT2D eigenvalue weighted by Gasteiger charge is -2.08. The zero-order valence-corrected chi connectivity index (χ0v) is 13.2. The van der Waals surface area contributed by atoms with Crippen molar-refractivity contribution in [3.63, 3.8) is 0 Å². The largest absolute Gasteiger partial charge is 0.496 e. The molecule has 1 heterocycles. The first-order valence-corrected chi connectivity index (χ1v) is 7.39. The van der Waals surface area contributed by atoms with E-state index in [4.69, 9.17) is 16.3 Å². The summed E-state index contributed by atoms with van der Waals surface area (Å²) < 4.78 is 5.30. The lowest BCUT2D eigenvalue weighted by Crippen LogP contribution is -2.04. The number of methoxy groups -OCH3 is 1. The van der Waals surface area contributed by atoms with E-state index in [0.29, 0.717) is 16.3 Å². The van der Waals surface area contributed by atoms with Crippen molar-refractivity contribution in [1.29, 1.82) is 0 Å². The van der Waals surface area contributed by atoms with Crippen LogP contribution in [-0.2, 0) is 6.42 Å². The van der Waals surface area contributed by atoms with Crippen molar-refractivity contribution in [1.82, 2.24) is 4.98 Å². The molecule has 0 fully saturated rings. The van der Waals surface area contributed by atoms with Gasteiger partial charge >= 0.3 is 0 Å². The van der Waals surface area contributed by atoms with Gasteiger partial charge in [-0.05, 0) is 30.7 Å². The first-order valence-electron chi connectivity index (χ1n) is 7.02. The van der Waals surface area contributed by atoms with Crippen LogP contribution in [0, 0.1) is 6.92 Å². The Kier molecular flexibility index (Phi) is 3.90. The van der Waals surface area contributed by atoms with Gasteiger partial charge in [0.15, 0.2) is 5.78 Å². The minimum atomic E-state index is 0.0516. The van der Waals surface area contributed by atoms with Crippen molar-refractivity contribution in [3.05, 3.63) is 64.3 Å². The Labute approximate surface area is 133 Å². The molecule has 3 rings (SSSR count). The van der Waals surface area contributed by atoms with Crippen LogP contribution in [0.25, 0.3) is 10.9 Å². The Morgan fingerprint density at radius 2 is 2.05 bits per heavy atom. The molecular formula is C18H16ClNO2. The lowest BCUT2D eigenvalue weighted by molar-refractivity contribution is 0.0993. The summed E-state index contributed by atoms with van der Waals surface area (Å²) in [5.74, 6) is 0.687. The van der Waals surface area contributed by atoms with E-state index in [2.05, 4.69) is 4.98 Å². The van der Waals surface area contributed by atoms with E-state index in [0.717, 1.165) is 22.0 Å². The fourth-order valence-electron chi connectivity index (χ4n) is 2.60. The van der Waals surface area contributed by atoms with Crippen LogP contribution in [0.1, 0.15) is 21.5 Å². The number of halogens is 1. The van der Waals surface area contributed by atoms with Gasteiger partial charge in [0, 0.05) is 39.7 Å². The number of benzene rings is 2. The highest BCUT2D eigenvalue weighted by Gasteiger charge is 2.15. The van der Waals surface area contributed by atoms with Crippen LogP contribution in [0.3, 0.4) is 0 Å². The fraction of sp³-hybridized carbons (Fsp3) is 0.167. The minimum Gasteiger partial charge on any atom is -0.496 e. The van der Waals surface area contributed by atoms with Crippen molar-refractivity contribution < 1.29 is 9.53 Å². The number of aryl methyl sites for hydroxylation is 1. The zero-order valence-electron chi connectivity index (χ0n) is 12.4. The summed E-state index contributed by atoms with van der Waals surface area (Å²) in [6.07, 6.45) is 2.05. The lowest BCUT2D eigenvalue weighted by atomic mass is 10.0. The number of carbonyl (C=O) groups is 1. The number of H-pyrrole nitrogens is 1. The topological polar surface area (TPSA) is 42.1 Å². The average Bonchev–Trinajstić information content (AvgIpc) is 2.91. The highest BCUT2D eigenvalue weighted by molar-refractivity contribution is 6.30. The fourth-order valence-corrected chi connectivity index (χ4v) is 2.77. The van der Waals surface area contributed by atoms with E-state index in [9.17, 15) is 4.79 Å². The predicted octanol–water partition coefficient (Wildman–Crippen LogP) is 4.56. The molecule has 112 valence electrons. The summed E-state index contributed by atoms with van der Waals surface area (Å²) in [7, 11) is 1.58. The summed E-state index contributed by atoms with van der Waals surface area (Å²) in [6.45, 7) is 2.03. The Hall–Kier alpha value is -2.26. The molecule has 1 aromatic heterocycles. The predicted molar refractivity (Wildman–Crippen MR) is 89.1 cm³/mol.